The lowest BCUT2D eigenvalue weighted by atomic mass is 10.0. The van der Waals surface area contributed by atoms with Crippen molar-refractivity contribution in [2.24, 2.45) is 5.92 Å². The van der Waals surface area contributed by atoms with E-state index in [1.807, 2.05) is 19.9 Å². The lowest BCUT2D eigenvalue weighted by Crippen LogP contribution is -2.53. The number of carbonyl (C=O) groups is 1. The summed E-state index contributed by atoms with van der Waals surface area (Å²) < 4.78 is 19.9. The molecule has 3 aliphatic heterocycles. The highest BCUT2D eigenvalue weighted by Gasteiger charge is 2.30. The molecule has 1 aromatic heterocycles. The van der Waals surface area contributed by atoms with Crippen molar-refractivity contribution in [2.45, 2.75) is 26.1 Å². The molecule has 0 aromatic carbocycles. The summed E-state index contributed by atoms with van der Waals surface area (Å²) >= 11 is 6.10. The van der Waals surface area contributed by atoms with Crippen LogP contribution in [0.5, 0.6) is 0 Å². The number of anilines is 1. The third kappa shape index (κ3) is 4.13. The molecule has 3 aliphatic rings. The van der Waals surface area contributed by atoms with Gasteiger partial charge in [-0.15, -0.1) is 0 Å². The predicted octanol–water partition coefficient (Wildman–Crippen LogP) is 1.79. The Kier molecular flexibility index (Phi) is 5.92. The molecule has 2 unspecified atom stereocenters. The minimum Gasteiger partial charge on any atom is -0.377 e. The van der Waals surface area contributed by atoms with Crippen LogP contribution < -0.4 is 16.0 Å². The molecular formula is C20H24ClFN6O2. The topological polar surface area (TPSA) is 91.4 Å². The largest absolute Gasteiger partial charge is 0.377 e. The highest BCUT2D eigenvalue weighted by atomic mass is 35.5. The zero-order valence-electron chi connectivity index (χ0n) is 16.8. The number of halogens is 2. The Morgan fingerprint density at radius 2 is 2.23 bits per heavy atom. The van der Waals surface area contributed by atoms with Gasteiger partial charge in [0.25, 0.3) is 0 Å². The van der Waals surface area contributed by atoms with Crippen molar-refractivity contribution < 1.29 is 13.9 Å². The van der Waals surface area contributed by atoms with Crippen molar-refractivity contribution in [3.8, 4) is 0 Å². The van der Waals surface area contributed by atoms with E-state index in [9.17, 15) is 9.18 Å². The normalized spacial score (nSPS) is 23.1. The van der Waals surface area contributed by atoms with Crippen molar-refractivity contribution in [1.29, 1.82) is 0 Å². The molecule has 160 valence electrons. The van der Waals surface area contributed by atoms with E-state index in [4.69, 9.17) is 16.3 Å². The quantitative estimate of drug-likeness (QED) is 0.650. The number of aromatic nitrogens is 2. The summed E-state index contributed by atoms with van der Waals surface area (Å²) in [6, 6.07) is -0.197. The van der Waals surface area contributed by atoms with E-state index in [1.54, 1.807) is 17.3 Å². The van der Waals surface area contributed by atoms with Crippen LogP contribution in [0.3, 0.4) is 0 Å². The fraction of sp³-hybridized carbons (Fsp3) is 0.450. The van der Waals surface area contributed by atoms with Crippen LogP contribution in [0, 0.1) is 11.7 Å². The fourth-order valence-corrected chi connectivity index (χ4v) is 3.80. The minimum atomic E-state index is -0.561. The van der Waals surface area contributed by atoms with Crippen LogP contribution in [0.4, 0.5) is 10.2 Å². The molecule has 4 rings (SSSR count). The predicted molar refractivity (Wildman–Crippen MR) is 112 cm³/mol. The number of dihydropyridines is 1. The Balaban J connectivity index is 1.50. The lowest BCUT2D eigenvalue weighted by Gasteiger charge is -2.36. The summed E-state index contributed by atoms with van der Waals surface area (Å²) in [4.78, 5) is 22.8. The van der Waals surface area contributed by atoms with Crippen LogP contribution in [0.1, 0.15) is 19.7 Å². The number of allylic oxidation sites excluding steroid dienone is 2. The van der Waals surface area contributed by atoms with Crippen LogP contribution in [-0.4, -0.2) is 59.3 Å². The van der Waals surface area contributed by atoms with Gasteiger partial charge in [-0.3, -0.25) is 4.79 Å². The van der Waals surface area contributed by atoms with Crippen molar-refractivity contribution in [1.82, 2.24) is 25.5 Å². The van der Waals surface area contributed by atoms with Gasteiger partial charge in [-0.2, -0.15) is 0 Å². The van der Waals surface area contributed by atoms with E-state index >= 15 is 0 Å². The standard InChI is InChI=1S/C20H24ClFN6O2/c1-11(2)20(29)28-3-4-30-10-13(28)7-24-19-16(22)9-26-18(27-19)15-8-25-17-14(15)5-12(21)6-23-17/h5-6,8-9,11,13,17,23,25H,3-4,7,10H2,1-2H3,(H,24,26,27). The molecule has 1 saturated heterocycles. The second-order valence-corrected chi connectivity index (χ2v) is 8.08. The average Bonchev–Trinajstić information content (AvgIpc) is 3.16. The summed E-state index contributed by atoms with van der Waals surface area (Å²) in [6.45, 7) is 5.48. The van der Waals surface area contributed by atoms with Crippen molar-refractivity contribution >= 4 is 28.9 Å². The van der Waals surface area contributed by atoms with Gasteiger partial charge in [0.2, 0.25) is 5.91 Å². The van der Waals surface area contributed by atoms with Crippen LogP contribution in [0.2, 0.25) is 0 Å². The summed E-state index contributed by atoms with van der Waals surface area (Å²) in [5, 5.41) is 9.89. The van der Waals surface area contributed by atoms with E-state index < -0.39 is 5.82 Å². The second-order valence-electron chi connectivity index (χ2n) is 7.64. The number of hydrogen-bond donors (Lipinski definition) is 3. The molecule has 10 heteroatoms. The van der Waals surface area contributed by atoms with Gasteiger partial charge in [-0.1, -0.05) is 25.4 Å². The van der Waals surface area contributed by atoms with Crippen molar-refractivity contribution in [3.05, 3.63) is 46.9 Å². The van der Waals surface area contributed by atoms with Crippen molar-refractivity contribution in [3.63, 3.8) is 0 Å². The first-order valence-electron chi connectivity index (χ1n) is 9.89. The molecule has 0 radical (unpaired) electrons. The van der Waals surface area contributed by atoms with Gasteiger partial charge in [-0.25, -0.2) is 14.4 Å². The molecule has 1 fully saturated rings. The highest BCUT2D eigenvalue weighted by molar-refractivity contribution is 6.31. The van der Waals surface area contributed by atoms with Gasteiger partial charge in [0.15, 0.2) is 17.5 Å². The summed E-state index contributed by atoms with van der Waals surface area (Å²) in [5.74, 6) is -0.153. The molecule has 0 aliphatic carbocycles. The third-order valence-corrected chi connectivity index (χ3v) is 5.41. The van der Waals surface area contributed by atoms with E-state index in [0.29, 0.717) is 37.2 Å². The molecule has 0 saturated carbocycles. The number of nitrogens with zero attached hydrogens (tertiary/aromatic N) is 3. The Morgan fingerprint density at radius 3 is 3.03 bits per heavy atom. The molecule has 8 nitrogen and oxygen atoms in total. The summed E-state index contributed by atoms with van der Waals surface area (Å²) in [7, 11) is 0. The molecule has 4 heterocycles. The van der Waals surface area contributed by atoms with Crippen LogP contribution in [0.25, 0.3) is 5.57 Å². The average molecular weight is 435 g/mol. The first kappa shape index (κ1) is 20.6. The van der Waals surface area contributed by atoms with Gasteiger partial charge in [0, 0.05) is 42.6 Å². The van der Waals surface area contributed by atoms with Gasteiger partial charge in [0.1, 0.15) is 6.17 Å². The number of nitrogens with one attached hydrogen (secondary N) is 3. The van der Waals surface area contributed by atoms with Crippen LogP contribution in [-0.2, 0) is 9.53 Å². The highest BCUT2D eigenvalue weighted by Crippen LogP contribution is 2.31. The Bertz CT molecular complexity index is 932. The number of fused-ring (bicyclic) bond motifs is 1. The number of ether oxygens (including phenoxy) is 1. The summed E-state index contributed by atoms with van der Waals surface area (Å²) in [5.41, 5.74) is 1.62. The molecule has 1 amide bonds. The Hall–Kier alpha value is -2.65. The molecule has 1 aromatic rings. The summed E-state index contributed by atoms with van der Waals surface area (Å²) in [6.07, 6.45) is 6.32. The second kappa shape index (κ2) is 8.61. The van der Waals surface area contributed by atoms with E-state index in [-0.39, 0.29) is 29.9 Å². The van der Waals surface area contributed by atoms with Gasteiger partial charge in [-0.05, 0) is 6.08 Å². The van der Waals surface area contributed by atoms with Gasteiger partial charge in [0.05, 0.1) is 30.5 Å². The van der Waals surface area contributed by atoms with Gasteiger partial charge < -0.3 is 25.6 Å². The zero-order valence-corrected chi connectivity index (χ0v) is 17.5. The Morgan fingerprint density at radius 1 is 1.43 bits per heavy atom. The van der Waals surface area contributed by atoms with E-state index in [0.717, 1.165) is 17.3 Å². The zero-order chi connectivity index (χ0) is 21.3. The first-order valence-corrected chi connectivity index (χ1v) is 10.3. The molecule has 0 spiro atoms. The lowest BCUT2D eigenvalue weighted by molar-refractivity contribution is -0.142. The number of carbonyl (C=O) groups excluding carboxylic acids is 1. The third-order valence-electron chi connectivity index (χ3n) is 5.19. The molecule has 2 atom stereocenters. The smallest absolute Gasteiger partial charge is 0.225 e. The van der Waals surface area contributed by atoms with Crippen molar-refractivity contribution in [2.75, 3.05) is 31.6 Å². The van der Waals surface area contributed by atoms with E-state index in [2.05, 4.69) is 25.9 Å². The monoisotopic (exact) mass is 434 g/mol. The number of amides is 1. The maximum atomic E-state index is 14.4. The van der Waals surface area contributed by atoms with Crippen LogP contribution in [0.15, 0.2) is 35.3 Å². The molecule has 0 bridgehead atoms. The number of hydrogen-bond acceptors (Lipinski definition) is 7. The fourth-order valence-electron chi connectivity index (χ4n) is 3.62. The van der Waals surface area contributed by atoms with Crippen LogP contribution >= 0.6 is 11.6 Å². The molecule has 3 N–H and O–H groups in total. The first-order chi connectivity index (χ1) is 14.4. The maximum absolute atomic E-state index is 14.4. The van der Waals surface area contributed by atoms with Gasteiger partial charge >= 0.3 is 0 Å². The van der Waals surface area contributed by atoms with E-state index in [1.165, 1.54) is 0 Å². The number of rotatable bonds is 5. The number of morpholine rings is 1. The minimum absolute atomic E-state index is 0.0591. The Labute approximate surface area is 179 Å². The molecular weight excluding hydrogens is 411 g/mol. The molecule has 30 heavy (non-hydrogen) atoms. The maximum Gasteiger partial charge on any atom is 0.225 e. The SMILES string of the molecule is CC(C)C(=O)N1CCOCC1CNc1nc(C2=CNC3NC=C(Cl)C=C23)ncc1F.